The molecule has 1 aromatic heterocycles. The SMILES string of the molecule is Cc1cccc(-c2nc(C3CCN(S(=O)(=O)c4ccc(F)c(C)c4)CC3)no2)c1. The van der Waals surface area contributed by atoms with Crippen molar-refractivity contribution in [1.29, 1.82) is 0 Å². The summed E-state index contributed by atoms with van der Waals surface area (Å²) >= 11 is 0. The van der Waals surface area contributed by atoms with Crippen LogP contribution in [0.3, 0.4) is 0 Å². The summed E-state index contributed by atoms with van der Waals surface area (Å²) in [6, 6.07) is 11.7. The van der Waals surface area contributed by atoms with Crippen molar-refractivity contribution < 1.29 is 17.3 Å². The molecule has 0 amide bonds. The zero-order valence-electron chi connectivity index (χ0n) is 16.3. The fourth-order valence-corrected chi connectivity index (χ4v) is 5.13. The van der Waals surface area contributed by atoms with E-state index < -0.39 is 15.8 Å². The lowest BCUT2D eigenvalue weighted by Crippen LogP contribution is -2.38. The van der Waals surface area contributed by atoms with Crippen molar-refractivity contribution >= 4 is 10.0 Å². The van der Waals surface area contributed by atoms with Crippen LogP contribution in [0, 0.1) is 19.7 Å². The second-order valence-electron chi connectivity index (χ2n) is 7.42. The Kier molecular flexibility index (Phi) is 5.23. The van der Waals surface area contributed by atoms with Crippen molar-refractivity contribution in [1.82, 2.24) is 14.4 Å². The molecule has 2 heterocycles. The number of aromatic nitrogens is 2. The van der Waals surface area contributed by atoms with Gasteiger partial charge >= 0.3 is 0 Å². The van der Waals surface area contributed by atoms with Crippen LogP contribution < -0.4 is 0 Å². The molecule has 8 heteroatoms. The first kappa shape index (κ1) is 19.7. The minimum Gasteiger partial charge on any atom is -0.334 e. The highest BCUT2D eigenvalue weighted by Crippen LogP contribution is 2.31. The first-order chi connectivity index (χ1) is 13.8. The second kappa shape index (κ2) is 7.68. The summed E-state index contributed by atoms with van der Waals surface area (Å²) in [4.78, 5) is 4.65. The molecule has 0 spiro atoms. The summed E-state index contributed by atoms with van der Waals surface area (Å²) in [5.74, 6) is 0.708. The average Bonchev–Trinajstić information content (AvgIpc) is 3.20. The molecular weight excluding hydrogens is 393 g/mol. The van der Waals surface area contributed by atoms with Crippen molar-refractivity contribution in [3.05, 3.63) is 65.2 Å². The van der Waals surface area contributed by atoms with Crippen molar-refractivity contribution in [2.24, 2.45) is 0 Å². The summed E-state index contributed by atoms with van der Waals surface area (Å²) in [7, 11) is -3.65. The lowest BCUT2D eigenvalue weighted by Gasteiger charge is -2.29. The van der Waals surface area contributed by atoms with Crippen LogP contribution in [0.4, 0.5) is 4.39 Å². The van der Waals surface area contributed by atoms with Gasteiger partial charge in [0, 0.05) is 24.6 Å². The van der Waals surface area contributed by atoms with Crippen molar-refractivity contribution in [3.8, 4) is 11.5 Å². The van der Waals surface area contributed by atoms with Crippen LogP contribution >= 0.6 is 0 Å². The highest BCUT2D eigenvalue weighted by molar-refractivity contribution is 7.89. The number of hydrogen-bond acceptors (Lipinski definition) is 5. The molecular formula is C21H22FN3O3S. The monoisotopic (exact) mass is 415 g/mol. The zero-order chi connectivity index (χ0) is 20.6. The maximum Gasteiger partial charge on any atom is 0.257 e. The molecule has 29 heavy (non-hydrogen) atoms. The van der Waals surface area contributed by atoms with Crippen LogP contribution in [0.25, 0.3) is 11.5 Å². The Hall–Kier alpha value is -2.58. The van der Waals surface area contributed by atoms with Gasteiger partial charge in [-0.3, -0.25) is 0 Å². The molecule has 3 aromatic rings. The standard InChI is InChI=1S/C21H22FN3O3S/c1-14-4-3-5-17(12-14)21-23-20(24-28-21)16-8-10-25(11-9-16)29(26,27)18-6-7-19(22)15(2)13-18/h3-7,12-13,16H,8-11H2,1-2H3. The average molecular weight is 415 g/mol. The number of sulfonamides is 1. The van der Waals surface area contributed by atoms with E-state index in [0.717, 1.165) is 11.1 Å². The van der Waals surface area contributed by atoms with Gasteiger partial charge in [0.15, 0.2) is 5.82 Å². The minimum atomic E-state index is -3.65. The molecule has 0 saturated carbocycles. The summed E-state index contributed by atoms with van der Waals surface area (Å²) in [5.41, 5.74) is 2.30. The van der Waals surface area contributed by atoms with E-state index in [1.165, 1.54) is 22.5 Å². The van der Waals surface area contributed by atoms with Crippen LogP contribution in [-0.4, -0.2) is 36.0 Å². The first-order valence-corrected chi connectivity index (χ1v) is 11.0. The van der Waals surface area contributed by atoms with Gasteiger partial charge in [-0.05, 0) is 62.6 Å². The molecule has 6 nitrogen and oxygen atoms in total. The largest absolute Gasteiger partial charge is 0.334 e. The summed E-state index contributed by atoms with van der Waals surface area (Å²) in [6.07, 6.45) is 1.21. The van der Waals surface area contributed by atoms with E-state index in [1.54, 1.807) is 6.92 Å². The molecule has 0 N–H and O–H groups in total. The Morgan fingerprint density at radius 1 is 1.10 bits per heavy atom. The van der Waals surface area contributed by atoms with E-state index >= 15 is 0 Å². The van der Waals surface area contributed by atoms with Gasteiger partial charge in [0.2, 0.25) is 10.0 Å². The predicted molar refractivity (Wildman–Crippen MR) is 106 cm³/mol. The molecule has 4 rings (SSSR count). The van der Waals surface area contributed by atoms with Gasteiger partial charge in [-0.25, -0.2) is 12.8 Å². The van der Waals surface area contributed by atoms with Gasteiger partial charge in [0.05, 0.1) is 4.90 Å². The zero-order valence-corrected chi connectivity index (χ0v) is 17.1. The number of halogens is 1. The Morgan fingerprint density at radius 3 is 2.55 bits per heavy atom. The fourth-order valence-electron chi connectivity index (χ4n) is 3.58. The topological polar surface area (TPSA) is 76.3 Å². The molecule has 0 unspecified atom stereocenters. The third kappa shape index (κ3) is 3.95. The van der Waals surface area contributed by atoms with Gasteiger partial charge < -0.3 is 4.52 Å². The summed E-state index contributed by atoms with van der Waals surface area (Å²) < 4.78 is 46.1. The first-order valence-electron chi connectivity index (χ1n) is 9.51. The van der Waals surface area contributed by atoms with Crippen LogP contribution in [-0.2, 0) is 10.0 Å². The highest BCUT2D eigenvalue weighted by atomic mass is 32.2. The van der Waals surface area contributed by atoms with E-state index in [4.69, 9.17) is 4.52 Å². The minimum absolute atomic E-state index is 0.0405. The Balaban J connectivity index is 1.46. The van der Waals surface area contributed by atoms with Gasteiger partial charge in [-0.2, -0.15) is 9.29 Å². The smallest absolute Gasteiger partial charge is 0.257 e. The highest BCUT2D eigenvalue weighted by Gasteiger charge is 2.32. The van der Waals surface area contributed by atoms with Gasteiger partial charge in [0.1, 0.15) is 5.82 Å². The number of piperidine rings is 1. The van der Waals surface area contributed by atoms with Crippen LogP contribution in [0.15, 0.2) is 51.9 Å². The summed E-state index contributed by atoms with van der Waals surface area (Å²) in [6.45, 7) is 4.28. The van der Waals surface area contributed by atoms with E-state index in [9.17, 15) is 12.8 Å². The predicted octanol–water partition coefficient (Wildman–Crippen LogP) is 4.06. The van der Waals surface area contributed by atoms with Gasteiger partial charge in [-0.15, -0.1) is 0 Å². The number of aryl methyl sites for hydroxylation is 2. The Labute approximate surface area is 169 Å². The molecule has 0 atom stereocenters. The van der Waals surface area contributed by atoms with E-state index in [0.29, 0.717) is 43.2 Å². The van der Waals surface area contributed by atoms with Crippen molar-refractivity contribution in [2.45, 2.75) is 37.5 Å². The molecule has 0 bridgehead atoms. The normalized spacial score (nSPS) is 16.2. The molecule has 1 saturated heterocycles. The molecule has 1 fully saturated rings. The Morgan fingerprint density at radius 2 is 1.86 bits per heavy atom. The van der Waals surface area contributed by atoms with E-state index in [2.05, 4.69) is 10.1 Å². The number of hydrogen-bond donors (Lipinski definition) is 0. The molecule has 1 aliphatic heterocycles. The van der Waals surface area contributed by atoms with Crippen LogP contribution in [0.1, 0.15) is 35.7 Å². The maximum absolute atomic E-state index is 13.5. The molecule has 1 aliphatic rings. The third-order valence-corrected chi connectivity index (χ3v) is 7.19. The van der Waals surface area contributed by atoms with Gasteiger partial charge in [-0.1, -0.05) is 22.9 Å². The second-order valence-corrected chi connectivity index (χ2v) is 9.35. The van der Waals surface area contributed by atoms with Gasteiger partial charge in [0.25, 0.3) is 5.89 Å². The molecule has 0 radical (unpaired) electrons. The number of nitrogens with zero attached hydrogens (tertiary/aromatic N) is 3. The van der Waals surface area contributed by atoms with E-state index in [1.807, 2.05) is 31.2 Å². The number of rotatable bonds is 4. The summed E-state index contributed by atoms with van der Waals surface area (Å²) in [5, 5.41) is 4.12. The lowest BCUT2D eigenvalue weighted by atomic mass is 9.97. The van der Waals surface area contributed by atoms with Crippen LogP contribution in [0.2, 0.25) is 0 Å². The third-order valence-electron chi connectivity index (χ3n) is 5.29. The van der Waals surface area contributed by atoms with Crippen LogP contribution in [0.5, 0.6) is 0 Å². The quantitative estimate of drug-likeness (QED) is 0.642. The molecule has 2 aromatic carbocycles. The number of benzene rings is 2. The lowest BCUT2D eigenvalue weighted by molar-refractivity contribution is 0.307. The maximum atomic E-state index is 13.5. The molecule has 0 aliphatic carbocycles. The van der Waals surface area contributed by atoms with Crippen molar-refractivity contribution in [2.75, 3.05) is 13.1 Å². The van der Waals surface area contributed by atoms with E-state index in [-0.39, 0.29) is 10.8 Å². The fraction of sp³-hybridized carbons (Fsp3) is 0.333. The molecule has 152 valence electrons. The van der Waals surface area contributed by atoms with Crippen molar-refractivity contribution in [3.63, 3.8) is 0 Å². The Bertz CT molecular complexity index is 1140.